The van der Waals surface area contributed by atoms with Crippen LogP contribution in [-0.2, 0) is 20.7 Å². The third-order valence-electron chi connectivity index (χ3n) is 6.78. The fraction of sp³-hybridized carbons (Fsp3) is 0.800. The molecular weight excluding hydrogens is 463 g/mol. The smallest absolute Gasteiger partial charge is 0.266 e. The van der Waals surface area contributed by atoms with Crippen LogP contribution in [0.15, 0.2) is 29.2 Å². The summed E-state index contributed by atoms with van der Waals surface area (Å²) in [6.45, 7) is 4.80. The summed E-state index contributed by atoms with van der Waals surface area (Å²) in [5.74, 6) is 0. The zero-order valence-corrected chi connectivity index (χ0v) is 26.3. The Morgan fingerprint density at radius 2 is 0.971 bits per heavy atom. The molecule has 0 N–H and O–H groups in total. The fourth-order valence-corrected chi connectivity index (χ4v) is 5.78. The van der Waals surface area contributed by atoms with Crippen LogP contribution in [0.5, 0.6) is 0 Å². The van der Waals surface area contributed by atoms with Crippen LogP contribution in [0.3, 0.4) is 0 Å². The summed E-state index contributed by atoms with van der Waals surface area (Å²) in [4.78, 5) is 0.373. The Morgan fingerprint density at radius 1 is 0.571 bits per heavy atom. The summed E-state index contributed by atoms with van der Waals surface area (Å²) in [5, 5.41) is 0. The van der Waals surface area contributed by atoms with Crippen molar-refractivity contribution >= 4 is 39.7 Å². The molecule has 0 aromatic heterocycles. The van der Waals surface area contributed by atoms with Crippen LogP contribution in [0.25, 0.3) is 0 Å². The predicted molar refractivity (Wildman–Crippen MR) is 153 cm³/mol. The molecule has 0 heterocycles. The zero-order valence-electron chi connectivity index (χ0n) is 23.5. The van der Waals surface area contributed by atoms with E-state index in [2.05, 4.69) is 13.8 Å². The van der Waals surface area contributed by atoms with Crippen molar-refractivity contribution < 1.29 is 12.6 Å². The number of aryl methyl sites for hydroxylation is 1. The Balaban J connectivity index is 0.0000116. The first kappa shape index (κ1) is 35.1. The van der Waals surface area contributed by atoms with Crippen LogP contribution >= 0.6 is 0 Å². The van der Waals surface area contributed by atoms with Gasteiger partial charge in [-0.1, -0.05) is 148 Å². The fourth-order valence-electron chi connectivity index (χ4n) is 4.58. The van der Waals surface area contributed by atoms with E-state index in [9.17, 15) is 8.42 Å². The van der Waals surface area contributed by atoms with Crippen molar-refractivity contribution in [3.63, 3.8) is 0 Å². The van der Waals surface area contributed by atoms with E-state index in [1.165, 1.54) is 109 Å². The second kappa shape index (κ2) is 24.5. The SMILES string of the molecule is CCCCCCCCCCCCOS(=O)(=O)c1ccccc1CCCCCCCCCCCC.[Na]. The van der Waals surface area contributed by atoms with Crippen molar-refractivity contribution in [2.24, 2.45) is 0 Å². The third kappa shape index (κ3) is 18.9. The molecule has 0 spiro atoms. The monoisotopic (exact) mass is 517 g/mol. The van der Waals surface area contributed by atoms with Crippen molar-refractivity contribution in [3.05, 3.63) is 29.8 Å². The maximum Gasteiger partial charge on any atom is 0.297 e. The van der Waals surface area contributed by atoms with Crippen molar-refractivity contribution in [1.82, 2.24) is 0 Å². The first-order valence-corrected chi connectivity index (χ1v) is 16.0. The molecule has 5 heteroatoms. The molecule has 0 aliphatic carbocycles. The van der Waals surface area contributed by atoms with Crippen molar-refractivity contribution in [3.8, 4) is 0 Å². The van der Waals surface area contributed by atoms with Crippen molar-refractivity contribution in [2.75, 3.05) is 6.61 Å². The predicted octanol–water partition coefficient (Wildman–Crippen LogP) is 9.40. The van der Waals surface area contributed by atoms with Crippen LogP contribution in [0, 0.1) is 0 Å². The van der Waals surface area contributed by atoms with Gasteiger partial charge in [0.1, 0.15) is 0 Å². The molecule has 3 nitrogen and oxygen atoms in total. The molecule has 0 saturated heterocycles. The molecule has 0 amide bonds. The molecule has 0 aliphatic rings. The molecule has 1 aromatic carbocycles. The summed E-state index contributed by atoms with van der Waals surface area (Å²) >= 11 is 0. The van der Waals surface area contributed by atoms with Gasteiger partial charge < -0.3 is 0 Å². The van der Waals surface area contributed by atoms with Crippen LogP contribution in [0.1, 0.15) is 148 Å². The molecule has 199 valence electrons. The van der Waals surface area contributed by atoms with E-state index in [4.69, 9.17) is 4.18 Å². The average Bonchev–Trinajstić information content (AvgIpc) is 2.84. The molecule has 0 bridgehead atoms. The molecule has 35 heavy (non-hydrogen) atoms. The minimum atomic E-state index is -3.66. The molecule has 1 radical (unpaired) electrons. The maximum absolute atomic E-state index is 12.8. The standard InChI is InChI=1S/C30H54O3S.Na/c1-3-5-7-9-11-13-15-17-19-21-25-29-26-22-23-27-30(29)34(31,32)33-28-24-20-18-16-14-12-10-8-6-4-2;/h22-23,26-27H,3-21,24-25,28H2,1-2H3;. The van der Waals surface area contributed by atoms with Crippen molar-refractivity contribution in [2.45, 2.75) is 154 Å². The van der Waals surface area contributed by atoms with Gasteiger partial charge in [-0.05, 0) is 30.9 Å². The molecule has 0 unspecified atom stereocenters. The molecule has 1 aromatic rings. The van der Waals surface area contributed by atoms with E-state index in [0.29, 0.717) is 11.5 Å². The Hall–Kier alpha value is 0.130. The molecule has 0 saturated carbocycles. The molecule has 0 fully saturated rings. The van der Waals surface area contributed by atoms with Gasteiger partial charge in [0, 0.05) is 29.6 Å². The first-order valence-electron chi connectivity index (χ1n) is 14.6. The summed E-state index contributed by atoms with van der Waals surface area (Å²) < 4.78 is 30.9. The average molecular weight is 518 g/mol. The molecular formula is C30H54NaO3S. The number of hydrogen-bond donors (Lipinski definition) is 0. The van der Waals surface area contributed by atoms with Gasteiger partial charge in [0.05, 0.1) is 11.5 Å². The van der Waals surface area contributed by atoms with Crippen molar-refractivity contribution in [1.29, 1.82) is 0 Å². The largest absolute Gasteiger partial charge is 0.297 e. The van der Waals surface area contributed by atoms with Gasteiger partial charge in [-0.15, -0.1) is 0 Å². The molecule has 1 rings (SSSR count). The van der Waals surface area contributed by atoms with Crippen LogP contribution < -0.4 is 0 Å². The summed E-state index contributed by atoms with van der Waals surface area (Å²) in [6.07, 6.45) is 26.0. The zero-order chi connectivity index (χ0) is 24.7. The number of benzene rings is 1. The van der Waals surface area contributed by atoms with E-state index >= 15 is 0 Å². The number of rotatable bonds is 24. The van der Waals surface area contributed by atoms with Gasteiger partial charge in [-0.25, -0.2) is 0 Å². The van der Waals surface area contributed by atoms with Crippen LogP contribution in [0.4, 0.5) is 0 Å². The Bertz CT molecular complexity index is 691. The quantitative estimate of drug-likeness (QED) is 0.0779. The maximum atomic E-state index is 12.8. The topological polar surface area (TPSA) is 43.4 Å². The van der Waals surface area contributed by atoms with E-state index < -0.39 is 10.1 Å². The van der Waals surface area contributed by atoms with E-state index in [0.717, 1.165) is 31.2 Å². The van der Waals surface area contributed by atoms with Crippen LogP contribution in [0.2, 0.25) is 0 Å². The van der Waals surface area contributed by atoms with Gasteiger partial charge in [0.15, 0.2) is 0 Å². The number of unbranched alkanes of at least 4 members (excludes halogenated alkanes) is 18. The minimum Gasteiger partial charge on any atom is -0.266 e. The van der Waals surface area contributed by atoms with E-state index in [1.807, 2.05) is 12.1 Å². The van der Waals surface area contributed by atoms with Gasteiger partial charge in [-0.3, -0.25) is 4.18 Å². The Morgan fingerprint density at radius 3 is 1.46 bits per heavy atom. The van der Waals surface area contributed by atoms with Gasteiger partial charge in [0.2, 0.25) is 0 Å². The summed E-state index contributed by atoms with van der Waals surface area (Å²) in [5.41, 5.74) is 0.908. The second-order valence-electron chi connectivity index (χ2n) is 10.00. The number of hydrogen-bond acceptors (Lipinski definition) is 3. The van der Waals surface area contributed by atoms with E-state index in [-0.39, 0.29) is 29.6 Å². The minimum absolute atomic E-state index is 0. The van der Waals surface area contributed by atoms with Gasteiger partial charge in [-0.2, -0.15) is 8.42 Å². The molecule has 0 aliphatic heterocycles. The van der Waals surface area contributed by atoms with Gasteiger partial charge >= 0.3 is 0 Å². The second-order valence-corrected chi connectivity index (χ2v) is 11.6. The normalized spacial score (nSPS) is 11.5. The van der Waals surface area contributed by atoms with Gasteiger partial charge in [0.25, 0.3) is 10.1 Å². The third-order valence-corrected chi connectivity index (χ3v) is 8.19. The van der Waals surface area contributed by atoms with E-state index in [1.54, 1.807) is 12.1 Å². The molecule has 0 atom stereocenters. The first-order chi connectivity index (χ1) is 16.6. The Labute approximate surface area is 241 Å². The Kier molecular flexibility index (Phi) is 24.6. The summed E-state index contributed by atoms with van der Waals surface area (Å²) in [7, 11) is -3.66. The van der Waals surface area contributed by atoms with Crippen LogP contribution in [-0.4, -0.2) is 44.6 Å². The summed E-state index contributed by atoms with van der Waals surface area (Å²) in [6, 6.07) is 7.40.